The van der Waals surface area contributed by atoms with Crippen LogP contribution in [0.25, 0.3) is 0 Å². The van der Waals surface area contributed by atoms with Crippen molar-refractivity contribution >= 4 is 11.6 Å². The third-order valence-electron chi connectivity index (χ3n) is 2.55. The van der Waals surface area contributed by atoms with Crippen molar-refractivity contribution in [3.63, 3.8) is 0 Å². The predicted octanol–water partition coefficient (Wildman–Crippen LogP) is 2.18. The zero-order valence-corrected chi connectivity index (χ0v) is 10.7. The van der Waals surface area contributed by atoms with Gasteiger partial charge >= 0.3 is 0 Å². The number of carbonyl (C=O) groups is 1. The predicted molar refractivity (Wildman–Crippen MR) is 72.4 cm³/mol. The molecule has 0 atom stereocenters. The van der Waals surface area contributed by atoms with E-state index >= 15 is 0 Å². The molecule has 0 fully saturated rings. The first-order valence-electron chi connectivity index (χ1n) is 5.99. The number of aryl methyl sites for hydroxylation is 1. The molecule has 0 saturated heterocycles. The van der Waals surface area contributed by atoms with Gasteiger partial charge in [0.15, 0.2) is 5.76 Å². The number of ether oxygens (including phenoxy) is 1. The molecule has 0 aliphatic carbocycles. The van der Waals surface area contributed by atoms with E-state index in [1.807, 2.05) is 13.0 Å². The fourth-order valence-corrected chi connectivity index (χ4v) is 1.63. The van der Waals surface area contributed by atoms with Crippen molar-refractivity contribution in [2.75, 3.05) is 18.5 Å². The summed E-state index contributed by atoms with van der Waals surface area (Å²) in [5.41, 5.74) is 6.82. The van der Waals surface area contributed by atoms with Gasteiger partial charge in [-0.1, -0.05) is 6.07 Å². The molecule has 5 heteroatoms. The number of amides is 1. The third kappa shape index (κ3) is 3.35. The number of nitrogens with two attached hydrogens (primary N) is 1. The maximum atomic E-state index is 12.0. The Morgan fingerprint density at radius 2 is 2.26 bits per heavy atom. The summed E-state index contributed by atoms with van der Waals surface area (Å²) in [5.74, 6) is 0.700. The van der Waals surface area contributed by atoms with Crippen LogP contribution in [0.1, 0.15) is 16.1 Å². The van der Waals surface area contributed by atoms with Crippen molar-refractivity contribution < 1.29 is 13.9 Å². The zero-order valence-electron chi connectivity index (χ0n) is 10.7. The number of carbonyl (C=O) groups excluding carboxylic acids is 1. The van der Waals surface area contributed by atoms with E-state index < -0.39 is 0 Å². The fraction of sp³-hybridized carbons (Fsp3) is 0.214. The van der Waals surface area contributed by atoms with Crippen LogP contribution in [0, 0.1) is 6.92 Å². The molecule has 0 bridgehead atoms. The number of anilines is 1. The van der Waals surface area contributed by atoms with Gasteiger partial charge in [-0.15, -0.1) is 0 Å². The smallest absolute Gasteiger partial charge is 0.291 e. The first kappa shape index (κ1) is 13.2. The number of hydrogen-bond donors (Lipinski definition) is 2. The lowest BCUT2D eigenvalue weighted by Gasteiger charge is -2.08. The largest absolute Gasteiger partial charge is 0.492 e. The van der Waals surface area contributed by atoms with Gasteiger partial charge < -0.3 is 20.2 Å². The van der Waals surface area contributed by atoms with Crippen LogP contribution in [0.3, 0.4) is 0 Å². The quantitative estimate of drug-likeness (QED) is 0.863. The van der Waals surface area contributed by atoms with E-state index in [2.05, 4.69) is 5.32 Å². The monoisotopic (exact) mass is 260 g/mol. The Kier molecular flexibility index (Phi) is 4.20. The summed E-state index contributed by atoms with van der Waals surface area (Å²) in [6.07, 6.45) is 1.49. The first-order valence-corrected chi connectivity index (χ1v) is 5.99. The van der Waals surface area contributed by atoms with Crippen molar-refractivity contribution in [1.29, 1.82) is 0 Å². The average Bonchev–Trinajstić information content (AvgIpc) is 2.83. The highest BCUT2D eigenvalue weighted by atomic mass is 16.5. The van der Waals surface area contributed by atoms with Gasteiger partial charge in [-0.2, -0.15) is 0 Å². The Bertz CT molecular complexity index is 563. The summed E-state index contributed by atoms with van der Waals surface area (Å²) in [6.45, 7) is 2.70. The maximum absolute atomic E-state index is 12.0. The normalized spacial score (nSPS) is 10.2. The van der Waals surface area contributed by atoms with E-state index in [1.165, 1.54) is 6.26 Å². The van der Waals surface area contributed by atoms with Crippen LogP contribution >= 0.6 is 0 Å². The van der Waals surface area contributed by atoms with Crippen LogP contribution in [0.15, 0.2) is 41.0 Å². The second kappa shape index (κ2) is 6.06. The molecular formula is C14H16N2O3. The van der Waals surface area contributed by atoms with Crippen molar-refractivity contribution in [2.45, 2.75) is 6.92 Å². The minimum absolute atomic E-state index is 0.279. The van der Waals surface area contributed by atoms with Crippen molar-refractivity contribution in [3.05, 3.63) is 47.9 Å². The molecule has 0 spiro atoms. The summed E-state index contributed by atoms with van der Waals surface area (Å²) in [7, 11) is 0. The molecule has 0 aliphatic rings. The lowest BCUT2D eigenvalue weighted by molar-refractivity contribution is 0.0996. The molecule has 1 aromatic heterocycles. The van der Waals surface area contributed by atoms with E-state index in [0.29, 0.717) is 30.3 Å². The summed E-state index contributed by atoms with van der Waals surface area (Å²) in [5, 5.41) is 2.76. The molecule has 0 radical (unpaired) electrons. The van der Waals surface area contributed by atoms with Gasteiger partial charge in [0.2, 0.25) is 0 Å². The van der Waals surface area contributed by atoms with E-state index in [1.54, 1.807) is 24.3 Å². The van der Waals surface area contributed by atoms with Crippen molar-refractivity contribution in [1.82, 2.24) is 0 Å². The molecule has 2 aromatic rings. The second-order valence-electron chi connectivity index (χ2n) is 4.05. The van der Waals surface area contributed by atoms with Gasteiger partial charge in [0, 0.05) is 23.9 Å². The number of nitrogens with one attached hydrogen (secondary N) is 1. The standard InChI is InChI=1S/C14H16N2O3/c1-10-5-7-19-13(10)14(17)16-11-3-2-4-12(9-11)18-8-6-15/h2-5,7,9H,6,8,15H2,1H3,(H,16,17). The van der Waals surface area contributed by atoms with Gasteiger partial charge in [-0.05, 0) is 25.1 Å². The highest BCUT2D eigenvalue weighted by Gasteiger charge is 2.12. The molecule has 0 unspecified atom stereocenters. The average molecular weight is 260 g/mol. The Hall–Kier alpha value is -2.27. The van der Waals surface area contributed by atoms with Crippen molar-refractivity contribution in [3.8, 4) is 5.75 Å². The molecule has 0 saturated carbocycles. The van der Waals surface area contributed by atoms with E-state index in [4.69, 9.17) is 14.9 Å². The van der Waals surface area contributed by atoms with Gasteiger partial charge in [0.1, 0.15) is 12.4 Å². The minimum Gasteiger partial charge on any atom is -0.492 e. The minimum atomic E-state index is -0.279. The molecule has 100 valence electrons. The van der Waals surface area contributed by atoms with Gasteiger partial charge in [-0.25, -0.2) is 0 Å². The van der Waals surface area contributed by atoms with E-state index in [9.17, 15) is 4.79 Å². The fourth-order valence-electron chi connectivity index (χ4n) is 1.63. The number of benzene rings is 1. The highest BCUT2D eigenvalue weighted by molar-refractivity contribution is 6.03. The highest BCUT2D eigenvalue weighted by Crippen LogP contribution is 2.19. The molecule has 1 heterocycles. The van der Waals surface area contributed by atoms with Crippen molar-refractivity contribution in [2.24, 2.45) is 5.73 Å². The molecule has 1 aromatic carbocycles. The lowest BCUT2D eigenvalue weighted by atomic mass is 10.2. The number of hydrogen-bond acceptors (Lipinski definition) is 4. The Morgan fingerprint density at radius 1 is 1.42 bits per heavy atom. The SMILES string of the molecule is Cc1ccoc1C(=O)Nc1cccc(OCCN)c1. The van der Waals surface area contributed by atoms with Crippen LogP contribution < -0.4 is 15.8 Å². The summed E-state index contributed by atoms with van der Waals surface area (Å²) >= 11 is 0. The molecule has 0 aliphatic heterocycles. The maximum Gasteiger partial charge on any atom is 0.291 e. The van der Waals surface area contributed by atoms with Gasteiger partial charge in [0.25, 0.3) is 5.91 Å². The summed E-state index contributed by atoms with van der Waals surface area (Å²) in [6, 6.07) is 8.88. The molecule has 19 heavy (non-hydrogen) atoms. The molecule has 3 N–H and O–H groups in total. The van der Waals surface area contributed by atoms with Crippen LogP contribution in [0.4, 0.5) is 5.69 Å². The molecule has 5 nitrogen and oxygen atoms in total. The zero-order chi connectivity index (χ0) is 13.7. The Morgan fingerprint density at radius 3 is 2.95 bits per heavy atom. The van der Waals surface area contributed by atoms with Crippen LogP contribution in [0.2, 0.25) is 0 Å². The molecular weight excluding hydrogens is 244 g/mol. The van der Waals surface area contributed by atoms with E-state index in [0.717, 1.165) is 5.56 Å². The van der Waals surface area contributed by atoms with E-state index in [-0.39, 0.29) is 5.91 Å². The van der Waals surface area contributed by atoms with Crippen LogP contribution in [0.5, 0.6) is 5.75 Å². The second-order valence-corrected chi connectivity index (χ2v) is 4.05. The summed E-state index contributed by atoms with van der Waals surface area (Å²) < 4.78 is 10.5. The first-order chi connectivity index (χ1) is 9.20. The van der Waals surface area contributed by atoms with Gasteiger partial charge in [0.05, 0.1) is 6.26 Å². The number of furan rings is 1. The van der Waals surface area contributed by atoms with Crippen LogP contribution in [-0.4, -0.2) is 19.1 Å². The Labute approximate surface area is 111 Å². The lowest BCUT2D eigenvalue weighted by Crippen LogP contribution is -2.13. The third-order valence-corrected chi connectivity index (χ3v) is 2.55. The topological polar surface area (TPSA) is 77.5 Å². The molecule has 1 amide bonds. The van der Waals surface area contributed by atoms with Gasteiger partial charge in [-0.3, -0.25) is 4.79 Å². The Balaban J connectivity index is 2.07. The number of rotatable bonds is 5. The summed E-state index contributed by atoms with van der Waals surface area (Å²) in [4.78, 5) is 12.0. The molecule has 2 rings (SSSR count). The van der Waals surface area contributed by atoms with Crippen LogP contribution in [-0.2, 0) is 0 Å².